The molecule has 0 aliphatic rings. The molecule has 3 aromatic rings. The van der Waals surface area contributed by atoms with Gasteiger partial charge in [-0.2, -0.15) is 0 Å². The van der Waals surface area contributed by atoms with Gasteiger partial charge in [-0.05, 0) is 32.0 Å². The number of hydrogen-bond donors (Lipinski definition) is 0. The first-order valence-electron chi connectivity index (χ1n) is 8.07. The van der Waals surface area contributed by atoms with Gasteiger partial charge in [0.05, 0.1) is 11.3 Å². The van der Waals surface area contributed by atoms with Crippen molar-refractivity contribution in [2.24, 2.45) is 0 Å². The summed E-state index contributed by atoms with van der Waals surface area (Å²) in [5.74, 6) is -1.43. The van der Waals surface area contributed by atoms with Crippen LogP contribution in [0.4, 0.5) is 8.78 Å². The van der Waals surface area contributed by atoms with Crippen molar-refractivity contribution in [1.29, 1.82) is 0 Å². The van der Waals surface area contributed by atoms with Gasteiger partial charge in [0, 0.05) is 23.1 Å². The second-order valence-electron chi connectivity index (χ2n) is 5.74. The Kier molecular flexibility index (Phi) is 5.85. The molecule has 0 aliphatic heterocycles. The highest BCUT2D eigenvalue weighted by molar-refractivity contribution is 7.98. The molecule has 0 saturated heterocycles. The SMILES string of the molecule is Cc1noc(C)c1CSc1ncccc1C(=O)OCc1cccc(F)c1F. The number of carbonyl (C=O) groups is 1. The minimum atomic E-state index is -1.02. The predicted octanol–water partition coefficient (Wildman–Crippen LogP) is 4.61. The number of benzene rings is 1. The van der Waals surface area contributed by atoms with Gasteiger partial charge in [-0.3, -0.25) is 0 Å². The summed E-state index contributed by atoms with van der Waals surface area (Å²) in [6.45, 7) is 3.29. The van der Waals surface area contributed by atoms with Crippen LogP contribution in [0.15, 0.2) is 46.1 Å². The van der Waals surface area contributed by atoms with Crippen molar-refractivity contribution >= 4 is 17.7 Å². The number of carbonyl (C=O) groups excluding carboxylic acids is 1. The van der Waals surface area contributed by atoms with Crippen molar-refractivity contribution in [2.45, 2.75) is 31.2 Å². The Morgan fingerprint density at radius 2 is 2.04 bits per heavy atom. The van der Waals surface area contributed by atoms with Crippen LogP contribution >= 0.6 is 11.8 Å². The average Bonchev–Trinajstić information content (AvgIpc) is 2.99. The summed E-state index contributed by atoms with van der Waals surface area (Å²) in [5, 5.41) is 4.37. The van der Waals surface area contributed by atoms with Gasteiger partial charge >= 0.3 is 5.97 Å². The zero-order chi connectivity index (χ0) is 19.4. The monoisotopic (exact) mass is 390 g/mol. The number of nitrogens with zero attached hydrogens (tertiary/aromatic N) is 2. The van der Waals surface area contributed by atoms with E-state index in [2.05, 4.69) is 10.1 Å². The number of esters is 1. The number of thioether (sulfide) groups is 1. The van der Waals surface area contributed by atoms with Crippen molar-refractivity contribution in [1.82, 2.24) is 10.1 Å². The third-order valence-corrected chi connectivity index (χ3v) is 4.95. The summed E-state index contributed by atoms with van der Waals surface area (Å²) in [6.07, 6.45) is 1.57. The van der Waals surface area contributed by atoms with Gasteiger partial charge in [0.25, 0.3) is 0 Å². The fourth-order valence-corrected chi connectivity index (χ4v) is 3.53. The molecule has 2 heterocycles. The van der Waals surface area contributed by atoms with E-state index in [1.807, 2.05) is 13.8 Å². The summed E-state index contributed by atoms with van der Waals surface area (Å²) < 4.78 is 37.2. The Bertz CT molecular complexity index is 956. The molecule has 0 spiro atoms. The molecule has 2 aromatic heterocycles. The van der Waals surface area contributed by atoms with Crippen LogP contribution in [0.5, 0.6) is 0 Å². The smallest absolute Gasteiger partial charge is 0.341 e. The molecule has 0 aliphatic carbocycles. The molecule has 0 fully saturated rings. The minimum Gasteiger partial charge on any atom is -0.457 e. The molecule has 0 N–H and O–H groups in total. The average molecular weight is 390 g/mol. The lowest BCUT2D eigenvalue weighted by Gasteiger charge is -2.09. The van der Waals surface area contributed by atoms with E-state index in [-0.39, 0.29) is 17.7 Å². The van der Waals surface area contributed by atoms with E-state index in [1.165, 1.54) is 23.9 Å². The van der Waals surface area contributed by atoms with Gasteiger partial charge < -0.3 is 9.26 Å². The summed E-state index contributed by atoms with van der Waals surface area (Å²) in [5.41, 5.74) is 1.94. The molecule has 0 radical (unpaired) electrons. The predicted molar refractivity (Wildman–Crippen MR) is 95.3 cm³/mol. The third-order valence-electron chi connectivity index (χ3n) is 3.92. The van der Waals surface area contributed by atoms with Crippen molar-refractivity contribution in [2.75, 3.05) is 0 Å². The first kappa shape index (κ1) is 19.0. The van der Waals surface area contributed by atoms with Crippen LogP contribution < -0.4 is 0 Å². The summed E-state index contributed by atoms with van der Waals surface area (Å²) in [7, 11) is 0. The van der Waals surface area contributed by atoms with Crippen LogP contribution in [0.3, 0.4) is 0 Å². The van der Waals surface area contributed by atoms with E-state index < -0.39 is 17.6 Å². The molecule has 27 heavy (non-hydrogen) atoms. The number of rotatable bonds is 6. The Balaban J connectivity index is 1.71. The van der Waals surface area contributed by atoms with E-state index in [4.69, 9.17) is 9.26 Å². The molecule has 1 aromatic carbocycles. The minimum absolute atomic E-state index is 0.0304. The van der Waals surface area contributed by atoms with Gasteiger partial charge in [0.2, 0.25) is 0 Å². The molecule has 140 valence electrons. The van der Waals surface area contributed by atoms with Crippen LogP contribution in [-0.2, 0) is 17.1 Å². The third kappa shape index (κ3) is 4.33. The Hall–Kier alpha value is -2.74. The number of aromatic nitrogens is 2. The van der Waals surface area contributed by atoms with Crippen molar-refractivity contribution in [3.8, 4) is 0 Å². The van der Waals surface area contributed by atoms with Crippen LogP contribution in [-0.4, -0.2) is 16.1 Å². The lowest BCUT2D eigenvalue weighted by molar-refractivity contribution is 0.0463. The maximum absolute atomic E-state index is 13.7. The maximum atomic E-state index is 13.7. The van der Waals surface area contributed by atoms with Gasteiger partial charge in [-0.25, -0.2) is 18.6 Å². The second-order valence-corrected chi connectivity index (χ2v) is 6.70. The Morgan fingerprint density at radius 1 is 1.22 bits per heavy atom. The van der Waals surface area contributed by atoms with Crippen LogP contribution in [0.2, 0.25) is 0 Å². The largest absolute Gasteiger partial charge is 0.457 e. The van der Waals surface area contributed by atoms with E-state index >= 15 is 0 Å². The highest BCUT2D eigenvalue weighted by Crippen LogP contribution is 2.27. The van der Waals surface area contributed by atoms with Gasteiger partial charge in [0.1, 0.15) is 17.4 Å². The normalized spacial score (nSPS) is 10.8. The molecule has 0 atom stereocenters. The quantitative estimate of drug-likeness (QED) is 0.452. The highest BCUT2D eigenvalue weighted by atomic mass is 32.2. The van der Waals surface area contributed by atoms with Gasteiger partial charge in [0.15, 0.2) is 11.6 Å². The molecule has 0 saturated carbocycles. The second kappa shape index (κ2) is 8.30. The summed E-state index contributed by atoms with van der Waals surface area (Å²) >= 11 is 1.34. The molecule has 0 amide bonds. The standard InChI is InChI=1S/C19H16F2N2O3S/c1-11-15(12(2)26-23-11)10-27-18-14(6-4-8-22-18)19(24)25-9-13-5-3-7-16(20)17(13)21/h3-8H,9-10H2,1-2H3. The van der Waals surface area contributed by atoms with Crippen LogP contribution in [0.25, 0.3) is 0 Å². The zero-order valence-corrected chi connectivity index (χ0v) is 15.5. The van der Waals surface area contributed by atoms with Crippen LogP contribution in [0, 0.1) is 25.5 Å². The van der Waals surface area contributed by atoms with E-state index in [0.29, 0.717) is 16.5 Å². The fraction of sp³-hybridized carbons (Fsp3) is 0.211. The van der Waals surface area contributed by atoms with E-state index in [1.54, 1.807) is 18.3 Å². The van der Waals surface area contributed by atoms with Gasteiger partial charge in [-0.15, -0.1) is 11.8 Å². The lowest BCUT2D eigenvalue weighted by atomic mass is 10.2. The topological polar surface area (TPSA) is 65.2 Å². The van der Waals surface area contributed by atoms with Crippen molar-refractivity contribution < 1.29 is 22.8 Å². The first-order valence-corrected chi connectivity index (χ1v) is 9.05. The fourth-order valence-electron chi connectivity index (χ4n) is 2.39. The van der Waals surface area contributed by atoms with E-state index in [9.17, 15) is 13.6 Å². The molecule has 8 heteroatoms. The zero-order valence-electron chi connectivity index (χ0n) is 14.7. The summed E-state index contributed by atoms with van der Waals surface area (Å²) in [6, 6.07) is 6.91. The Morgan fingerprint density at radius 3 is 2.78 bits per heavy atom. The number of ether oxygens (including phenoxy) is 1. The maximum Gasteiger partial charge on any atom is 0.341 e. The number of hydrogen-bond acceptors (Lipinski definition) is 6. The number of pyridine rings is 1. The highest BCUT2D eigenvalue weighted by Gasteiger charge is 2.17. The van der Waals surface area contributed by atoms with Crippen LogP contribution in [0.1, 0.15) is 32.9 Å². The number of aryl methyl sites for hydroxylation is 2. The van der Waals surface area contributed by atoms with Crippen molar-refractivity contribution in [3.63, 3.8) is 0 Å². The van der Waals surface area contributed by atoms with Gasteiger partial charge in [-0.1, -0.05) is 17.3 Å². The van der Waals surface area contributed by atoms with Crippen molar-refractivity contribution in [3.05, 3.63) is 76.3 Å². The van der Waals surface area contributed by atoms with E-state index in [0.717, 1.165) is 17.3 Å². The first-order chi connectivity index (χ1) is 13.0. The number of halogens is 2. The molecule has 0 unspecified atom stereocenters. The summed E-state index contributed by atoms with van der Waals surface area (Å²) in [4.78, 5) is 16.6. The Labute approximate surface area is 158 Å². The lowest BCUT2D eigenvalue weighted by Crippen LogP contribution is -2.09. The molecule has 3 rings (SSSR count). The molecular formula is C19H16F2N2O3S. The molecule has 0 bridgehead atoms. The molecular weight excluding hydrogens is 374 g/mol. The molecule has 5 nitrogen and oxygen atoms in total.